The lowest BCUT2D eigenvalue weighted by Gasteiger charge is -2.14. The highest BCUT2D eigenvalue weighted by Crippen LogP contribution is 2.17. The highest BCUT2D eigenvalue weighted by molar-refractivity contribution is 5.26. The van der Waals surface area contributed by atoms with Crippen molar-refractivity contribution >= 4 is 0 Å². The van der Waals surface area contributed by atoms with Gasteiger partial charge in [0.1, 0.15) is 5.82 Å². The van der Waals surface area contributed by atoms with E-state index < -0.39 is 0 Å². The lowest BCUT2D eigenvalue weighted by atomic mass is 10.0. The summed E-state index contributed by atoms with van der Waals surface area (Å²) in [6, 6.07) is 2.02. The van der Waals surface area contributed by atoms with E-state index in [-0.39, 0.29) is 6.04 Å². The van der Waals surface area contributed by atoms with E-state index in [0.29, 0.717) is 0 Å². The summed E-state index contributed by atoms with van der Waals surface area (Å²) in [5.74, 6) is 1.02. The third-order valence-electron chi connectivity index (χ3n) is 3.15. The summed E-state index contributed by atoms with van der Waals surface area (Å²) in [7, 11) is 0. The smallest absolute Gasteiger partial charge is 0.110 e. The molecule has 0 saturated heterocycles. The van der Waals surface area contributed by atoms with Gasteiger partial charge in [0.25, 0.3) is 0 Å². The number of imidazole rings is 1. The number of aromatic nitrogens is 3. The second-order valence-electron chi connectivity index (χ2n) is 4.65. The topological polar surface area (TPSA) is 56.7 Å². The average molecular weight is 244 g/mol. The van der Waals surface area contributed by atoms with Gasteiger partial charge in [0.15, 0.2) is 0 Å². The van der Waals surface area contributed by atoms with E-state index in [2.05, 4.69) is 34.4 Å². The van der Waals surface area contributed by atoms with Crippen molar-refractivity contribution < 1.29 is 0 Å². The van der Waals surface area contributed by atoms with Crippen LogP contribution in [0.5, 0.6) is 0 Å². The first-order valence-corrected chi connectivity index (χ1v) is 6.30. The SMILES string of the molecule is CCn1ccnc1CC(N)c1ncc(C)cc1C. The molecular formula is C14H20N4. The fraction of sp³-hybridized carbons (Fsp3) is 0.429. The minimum Gasteiger partial charge on any atom is -0.335 e. The first-order chi connectivity index (χ1) is 8.61. The van der Waals surface area contributed by atoms with Crippen molar-refractivity contribution in [3.8, 4) is 0 Å². The zero-order valence-electron chi connectivity index (χ0n) is 11.2. The van der Waals surface area contributed by atoms with Crippen molar-refractivity contribution in [3.63, 3.8) is 0 Å². The Morgan fingerprint density at radius 1 is 1.33 bits per heavy atom. The molecule has 0 aliphatic heterocycles. The minimum atomic E-state index is -0.0988. The van der Waals surface area contributed by atoms with Crippen LogP contribution in [0.4, 0.5) is 0 Å². The molecule has 0 radical (unpaired) electrons. The largest absolute Gasteiger partial charge is 0.335 e. The number of nitrogens with zero attached hydrogens (tertiary/aromatic N) is 3. The Morgan fingerprint density at radius 3 is 2.78 bits per heavy atom. The van der Waals surface area contributed by atoms with Crippen LogP contribution in [0.1, 0.15) is 35.6 Å². The molecule has 0 spiro atoms. The standard InChI is InChI=1S/C14H20N4/c1-4-18-6-5-16-13(18)8-12(15)14-11(3)7-10(2)9-17-14/h5-7,9,12H,4,8,15H2,1-3H3. The van der Waals surface area contributed by atoms with Crippen LogP contribution in [-0.2, 0) is 13.0 Å². The van der Waals surface area contributed by atoms with Crippen LogP contribution >= 0.6 is 0 Å². The van der Waals surface area contributed by atoms with E-state index in [9.17, 15) is 0 Å². The molecule has 0 bridgehead atoms. The number of hydrogen-bond donors (Lipinski definition) is 1. The number of rotatable bonds is 4. The summed E-state index contributed by atoms with van der Waals surface area (Å²) in [5.41, 5.74) is 9.52. The molecular weight excluding hydrogens is 224 g/mol. The van der Waals surface area contributed by atoms with E-state index in [1.165, 1.54) is 5.56 Å². The third-order valence-corrected chi connectivity index (χ3v) is 3.15. The van der Waals surface area contributed by atoms with Gasteiger partial charge in [-0.1, -0.05) is 6.07 Å². The predicted octanol–water partition coefficient (Wildman–Crippen LogP) is 2.16. The van der Waals surface area contributed by atoms with Gasteiger partial charge in [-0.2, -0.15) is 0 Å². The summed E-state index contributed by atoms with van der Waals surface area (Å²) in [5, 5.41) is 0. The van der Waals surface area contributed by atoms with Crippen molar-refractivity contribution in [1.82, 2.24) is 14.5 Å². The zero-order valence-corrected chi connectivity index (χ0v) is 11.2. The maximum Gasteiger partial charge on any atom is 0.110 e. The number of aryl methyl sites for hydroxylation is 3. The average Bonchev–Trinajstić information content (AvgIpc) is 2.76. The van der Waals surface area contributed by atoms with Crippen LogP contribution in [-0.4, -0.2) is 14.5 Å². The molecule has 0 fully saturated rings. The Labute approximate surface area is 108 Å². The van der Waals surface area contributed by atoms with Gasteiger partial charge >= 0.3 is 0 Å². The summed E-state index contributed by atoms with van der Waals surface area (Å²) >= 11 is 0. The number of nitrogens with two attached hydrogens (primary N) is 1. The quantitative estimate of drug-likeness (QED) is 0.896. The second kappa shape index (κ2) is 5.31. The monoisotopic (exact) mass is 244 g/mol. The van der Waals surface area contributed by atoms with Gasteiger partial charge < -0.3 is 10.3 Å². The molecule has 4 heteroatoms. The zero-order chi connectivity index (χ0) is 13.1. The van der Waals surface area contributed by atoms with Crippen LogP contribution < -0.4 is 5.73 Å². The molecule has 0 aliphatic rings. The molecule has 0 saturated carbocycles. The molecule has 0 aromatic carbocycles. The summed E-state index contributed by atoms with van der Waals surface area (Å²) in [4.78, 5) is 8.81. The first-order valence-electron chi connectivity index (χ1n) is 6.30. The van der Waals surface area contributed by atoms with E-state index in [1.54, 1.807) is 0 Å². The lowest BCUT2D eigenvalue weighted by molar-refractivity contribution is 0.614. The van der Waals surface area contributed by atoms with Crippen LogP contribution in [0.3, 0.4) is 0 Å². The summed E-state index contributed by atoms with van der Waals surface area (Å²) in [6.07, 6.45) is 6.39. The van der Waals surface area contributed by atoms with E-state index in [4.69, 9.17) is 5.73 Å². The lowest BCUT2D eigenvalue weighted by Crippen LogP contribution is -2.18. The fourth-order valence-electron chi connectivity index (χ4n) is 2.23. The van der Waals surface area contributed by atoms with Gasteiger partial charge in [-0.15, -0.1) is 0 Å². The molecule has 4 nitrogen and oxygen atoms in total. The highest BCUT2D eigenvalue weighted by atomic mass is 15.1. The number of pyridine rings is 1. The highest BCUT2D eigenvalue weighted by Gasteiger charge is 2.14. The molecule has 1 atom stereocenters. The van der Waals surface area contributed by atoms with Crippen LogP contribution in [0, 0.1) is 13.8 Å². The van der Waals surface area contributed by atoms with Gasteiger partial charge in [-0.05, 0) is 31.9 Å². The predicted molar refractivity (Wildman–Crippen MR) is 72.2 cm³/mol. The maximum absolute atomic E-state index is 6.24. The van der Waals surface area contributed by atoms with Gasteiger partial charge in [-0.25, -0.2) is 4.98 Å². The molecule has 2 aromatic rings. The minimum absolute atomic E-state index is 0.0988. The van der Waals surface area contributed by atoms with Gasteiger partial charge in [0, 0.05) is 31.6 Å². The molecule has 2 heterocycles. The Hall–Kier alpha value is -1.68. The first kappa shape index (κ1) is 12.8. The molecule has 1 unspecified atom stereocenters. The van der Waals surface area contributed by atoms with Crippen molar-refractivity contribution in [3.05, 3.63) is 47.3 Å². The molecule has 18 heavy (non-hydrogen) atoms. The van der Waals surface area contributed by atoms with E-state index >= 15 is 0 Å². The van der Waals surface area contributed by atoms with Crippen molar-refractivity contribution in [1.29, 1.82) is 0 Å². The molecule has 2 rings (SSSR count). The van der Waals surface area contributed by atoms with Gasteiger partial charge in [-0.3, -0.25) is 4.98 Å². The van der Waals surface area contributed by atoms with Gasteiger partial charge in [0.2, 0.25) is 0 Å². The summed E-state index contributed by atoms with van der Waals surface area (Å²) < 4.78 is 2.11. The van der Waals surface area contributed by atoms with Crippen LogP contribution in [0.25, 0.3) is 0 Å². The van der Waals surface area contributed by atoms with Crippen molar-refractivity contribution in [2.45, 2.75) is 39.8 Å². The maximum atomic E-state index is 6.24. The summed E-state index contributed by atoms with van der Waals surface area (Å²) in [6.45, 7) is 7.12. The van der Waals surface area contributed by atoms with Gasteiger partial charge in [0.05, 0.1) is 11.7 Å². The number of hydrogen-bond acceptors (Lipinski definition) is 3. The molecule has 96 valence electrons. The van der Waals surface area contributed by atoms with E-state index in [1.807, 2.05) is 25.5 Å². The Balaban J connectivity index is 2.19. The molecule has 0 amide bonds. The Kier molecular flexibility index (Phi) is 3.77. The molecule has 0 aliphatic carbocycles. The van der Waals surface area contributed by atoms with Crippen LogP contribution in [0.2, 0.25) is 0 Å². The fourth-order valence-corrected chi connectivity index (χ4v) is 2.23. The third kappa shape index (κ3) is 2.59. The van der Waals surface area contributed by atoms with E-state index in [0.717, 1.165) is 30.0 Å². The molecule has 2 aromatic heterocycles. The Morgan fingerprint density at radius 2 is 2.11 bits per heavy atom. The van der Waals surface area contributed by atoms with Crippen molar-refractivity contribution in [2.75, 3.05) is 0 Å². The normalized spacial score (nSPS) is 12.7. The molecule has 2 N–H and O–H groups in total. The van der Waals surface area contributed by atoms with Crippen molar-refractivity contribution in [2.24, 2.45) is 5.73 Å². The second-order valence-corrected chi connectivity index (χ2v) is 4.65. The van der Waals surface area contributed by atoms with Crippen LogP contribution in [0.15, 0.2) is 24.7 Å². The Bertz CT molecular complexity index is 530.